The number of anilines is 2. The van der Waals surface area contributed by atoms with Gasteiger partial charge in [0.15, 0.2) is 5.66 Å². The Morgan fingerprint density at radius 1 is 0.688 bits per heavy atom. The van der Waals surface area contributed by atoms with Crippen LogP contribution in [0.15, 0.2) is 96.2 Å². The molecule has 0 saturated carbocycles. The second-order valence-corrected chi connectivity index (χ2v) is 14.8. The summed E-state index contributed by atoms with van der Waals surface area (Å²) < 4.78 is 0. The second-order valence-electron chi connectivity index (χ2n) is 9.77. The van der Waals surface area contributed by atoms with Gasteiger partial charge in [0, 0.05) is 30.9 Å². The van der Waals surface area contributed by atoms with Crippen LogP contribution in [0.5, 0.6) is 0 Å². The van der Waals surface area contributed by atoms with Gasteiger partial charge in [-0.05, 0) is 40.6 Å². The quantitative estimate of drug-likeness (QED) is 0.466. The van der Waals surface area contributed by atoms with Crippen molar-refractivity contribution in [2.24, 2.45) is 0 Å². The summed E-state index contributed by atoms with van der Waals surface area (Å²) in [6.45, 7) is 8.56. The number of carbonyl (C=O) groups is 1. The van der Waals surface area contributed by atoms with E-state index in [1.807, 2.05) is 18.2 Å². The molecule has 5 rings (SSSR count). The number of para-hydroxylation sites is 2. The van der Waals surface area contributed by atoms with Crippen molar-refractivity contribution in [3.8, 4) is 0 Å². The minimum absolute atomic E-state index is 0.292. The Labute approximate surface area is 192 Å². The molecule has 3 nitrogen and oxygen atoms in total. The first-order valence-electron chi connectivity index (χ1n) is 11.4. The van der Waals surface area contributed by atoms with Crippen molar-refractivity contribution in [1.29, 1.82) is 0 Å². The molecule has 0 unspecified atom stereocenters. The van der Waals surface area contributed by atoms with Gasteiger partial charge in [0.05, 0.1) is 8.07 Å². The van der Waals surface area contributed by atoms with Crippen molar-refractivity contribution in [3.63, 3.8) is 0 Å². The smallest absolute Gasteiger partial charge is 0.201 e. The average molecular weight is 439 g/mol. The van der Waals surface area contributed by atoms with Gasteiger partial charge in [-0.2, -0.15) is 0 Å². The van der Waals surface area contributed by atoms with Crippen LogP contribution in [0, 0.1) is 0 Å². The van der Waals surface area contributed by atoms with Crippen molar-refractivity contribution < 1.29 is 4.79 Å². The standard InChI is InChI=1S/C28H30N2OSi/c1-32(2,3)26-25(22-13-7-4-8-14-22)21-28(27(26)31)29(23-15-9-5-10-16-23)19-20-30(28)24-17-11-6-12-18-24/h4-18H,19-21H2,1-3H3. The van der Waals surface area contributed by atoms with E-state index in [1.165, 1.54) is 11.1 Å². The number of hydrogen-bond donors (Lipinski definition) is 0. The zero-order valence-electron chi connectivity index (χ0n) is 19.1. The molecule has 0 N–H and O–H groups in total. The lowest BCUT2D eigenvalue weighted by molar-refractivity contribution is -0.118. The highest BCUT2D eigenvalue weighted by molar-refractivity contribution is 6.89. The van der Waals surface area contributed by atoms with Gasteiger partial charge in [-0.1, -0.05) is 86.4 Å². The van der Waals surface area contributed by atoms with Gasteiger partial charge in [0.25, 0.3) is 0 Å². The molecule has 162 valence electrons. The maximum Gasteiger partial charge on any atom is 0.201 e. The van der Waals surface area contributed by atoms with E-state index in [0.29, 0.717) is 12.2 Å². The van der Waals surface area contributed by atoms with Crippen LogP contribution in [-0.2, 0) is 4.79 Å². The van der Waals surface area contributed by atoms with Crippen molar-refractivity contribution in [1.82, 2.24) is 0 Å². The van der Waals surface area contributed by atoms with Crippen LogP contribution in [0.4, 0.5) is 11.4 Å². The van der Waals surface area contributed by atoms with Crippen LogP contribution in [0.1, 0.15) is 12.0 Å². The fraction of sp³-hybridized carbons (Fsp3) is 0.250. The number of ketones is 1. The summed E-state index contributed by atoms with van der Waals surface area (Å²) in [6, 6.07) is 31.4. The maximum atomic E-state index is 14.6. The van der Waals surface area contributed by atoms with Gasteiger partial charge in [-0.15, -0.1) is 0 Å². The number of benzene rings is 3. The van der Waals surface area contributed by atoms with E-state index in [9.17, 15) is 4.79 Å². The fourth-order valence-corrected chi connectivity index (χ4v) is 7.50. The Morgan fingerprint density at radius 2 is 1.12 bits per heavy atom. The Bertz CT molecular complexity index is 1100. The molecule has 4 heteroatoms. The summed E-state index contributed by atoms with van der Waals surface area (Å²) in [4.78, 5) is 19.3. The monoisotopic (exact) mass is 438 g/mol. The number of nitrogens with zero attached hydrogens (tertiary/aromatic N) is 2. The summed E-state index contributed by atoms with van der Waals surface area (Å²) >= 11 is 0. The van der Waals surface area contributed by atoms with Gasteiger partial charge in [0.1, 0.15) is 0 Å². The zero-order chi connectivity index (χ0) is 22.3. The van der Waals surface area contributed by atoms with Gasteiger partial charge in [-0.3, -0.25) is 4.79 Å². The predicted molar refractivity (Wildman–Crippen MR) is 137 cm³/mol. The summed E-state index contributed by atoms with van der Waals surface area (Å²) in [5.41, 5.74) is 3.93. The Morgan fingerprint density at radius 3 is 1.56 bits per heavy atom. The van der Waals surface area contributed by atoms with Crippen molar-refractivity contribution >= 4 is 30.8 Å². The molecule has 0 amide bonds. The first-order chi connectivity index (χ1) is 15.4. The molecule has 1 aliphatic heterocycles. The van der Waals surface area contributed by atoms with Crippen molar-refractivity contribution in [2.75, 3.05) is 22.9 Å². The van der Waals surface area contributed by atoms with Crippen LogP contribution < -0.4 is 9.80 Å². The number of hydrogen-bond acceptors (Lipinski definition) is 3. The third-order valence-electron chi connectivity index (χ3n) is 6.76. The first kappa shape index (κ1) is 20.8. The van der Waals surface area contributed by atoms with E-state index in [-0.39, 0.29) is 0 Å². The highest BCUT2D eigenvalue weighted by Crippen LogP contribution is 2.50. The molecule has 3 aromatic rings. The molecule has 1 spiro atoms. The van der Waals surface area contributed by atoms with Gasteiger partial charge in [0.2, 0.25) is 5.78 Å². The van der Waals surface area contributed by atoms with Gasteiger partial charge < -0.3 is 9.80 Å². The Balaban J connectivity index is 1.72. The lowest BCUT2D eigenvalue weighted by Gasteiger charge is -2.42. The van der Waals surface area contributed by atoms with Crippen molar-refractivity contribution in [3.05, 3.63) is 102 Å². The predicted octanol–water partition coefficient (Wildman–Crippen LogP) is 6.01. The molecule has 1 aliphatic carbocycles. The number of Topliss-reactive ketones (excluding diaryl/α,β-unsaturated/α-hetero) is 1. The minimum atomic E-state index is -1.91. The minimum Gasteiger partial charge on any atom is -0.340 e. The number of rotatable bonds is 4. The van der Waals surface area contributed by atoms with E-state index in [2.05, 4.69) is 102 Å². The van der Waals surface area contributed by atoms with Gasteiger partial charge in [-0.25, -0.2) is 0 Å². The third kappa shape index (κ3) is 3.21. The Hall–Kier alpha value is -3.11. The topological polar surface area (TPSA) is 23.6 Å². The molecule has 1 saturated heterocycles. The molecule has 0 bridgehead atoms. The van der Waals surface area contributed by atoms with Crippen LogP contribution in [0.3, 0.4) is 0 Å². The molecular formula is C28H30N2OSi. The van der Waals surface area contributed by atoms with E-state index < -0.39 is 13.7 Å². The lowest BCUT2D eigenvalue weighted by atomic mass is 9.97. The van der Waals surface area contributed by atoms with E-state index in [4.69, 9.17) is 0 Å². The molecule has 2 aliphatic rings. The van der Waals surface area contributed by atoms with Crippen LogP contribution in [-0.4, -0.2) is 32.6 Å². The lowest BCUT2D eigenvalue weighted by Crippen LogP contribution is -2.59. The Kier molecular flexibility index (Phi) is 5.05. The van der Waals surface area contributed by atoms with Crippen molar-refractivity contribution in [2.45, 2.75) is 31.7 Å². The molecule has 0 radical (unpaired) electrons. The number of carbonyl (C=O) groups excluding carboxylic acids is 1. The van der Waals surface area contributed by atoms with Crippen LogP contribution in [0.25, 0.3) is 5.57 Å². The summed E-state index contributed by atoms with van der Waals surface area (Å²) in [6.07, 6.45) is 0.708. The van der Waals surface area contributed by atoms with Gasteiger partial charge >= 0.3 is 0 Å². The summed E-state index contributed by atoms with van der Waals surface area (Å²) in [7, 11) is -1.91. The van der Waals surface area contributed by atoms with Crippen LogP contribution in [0.2, 0.25) is 19.6 Å². The van der Waals surface area contributed by atoms with E-state index >= 15 is 0 Å². The SMILES string of the molecule is C[Si](C)(C)C1=C(c2ccccc2)CC2(C1=O)N(c1ccccc1)CCN2c1ccccc1. The van der Waals surface area contributed by atoms with E-state index in [1.54, 1.807) is 0 Å². The zero-order valence-corrected chi connectivity index (χ0v) is 20.1. The third-order valence-corrected chi connectivity index (χ3v) is 8.79. The summed E-state index contributed by atoms with van der Waals surface area (Å²) in [5.74, 6) is 0.292. The van der Waals surface area contributed by atoms with Crippen LogP contribution >= 0.6 is 0 Å². The molecule has 32 heavy (non-hydrogen) atoms. The molecule has 1 heterocycles. The molecule has 3 aromatic carbocycles. The first-order valence-corrected chi connectivity index (χ1v) is 14.9. The largest absolute Gasteiger partial charge is 0.340 e. The normalized spacial score (nSPS) is 18.2. The average Bonchev–Trinajstić information content (AvgIpc) is 3.34. The van der Waals surface area contributed by atoms with E-state index in [0.717, 1.165) is 29.7 Å². The molecule has 0 aromatic heterocycles. The highest BCUT2D eigenvalue weighted by atomic mass is 28.3. The molecule has 1 fully saturated rings. The summed E-state index contributed by atoms with van der Waals surface area (Å²) in [5, 5.41) is 1.09. The molecule has 0 atom stereocenters. The fourth-order valence-electron chi connectivity index (χ4n) is 5.48. The molecular weight excluding hydrogens is 408 g/mol. The maximum absolute atomic E-state index is 14.6. The highest BCUT2D eigenvalue weighted by Gasteiger charge is 2.59. The second kappa shape index (κ2) is 7.79.